The van der Waals surface area contributed by atoms with E-state index in [-0.39, 0.29) is 11.7 Å². The van der Waals surface area contributed by atoms with E-state index in [2.05, 4.69) is 4.90 Å². The Morgan fingerprint density at radius 2 is 1.82 bits per heavy atom. The van der Waals surface area contributed by atoms with Gasteiger partial charge >= 0.3 is 6.09 Å². The van der Waals surface area contributed by atoms with E-state index in [0.29, 0.717) is 49.7 Å². The van der Waals surface area contributed by atoms with Gasteiger partial charge in [-0.1, -0.05) is 24.3 Å². The van der Waals surface area contributed by atoms with Crippen molar-refractivity contribution in [1.29, 1.82) is 0 Å². The number of anilines is 1. The van der Waals surface area contributed by atoms with Crippen LogP contribution in [0.2, 0.25) is 0 Å². The number of furan rings is 1. The maximum atomic E-state index is 13.6. The third-order valence-corrected chi connectivity index (χ3v) is 6.70. The zero-order chi connectivity index (χ0) is 26.8. The van der Waals surface area contributed by atoms with Gasteiger partial charge in [-0.05, 0) is 55.7 Å². The van der Waals surface area contributed by atoms with Crippen LogP contribution in [-0.2, 0) is 6.42 Å². The Kier molecular flexibility index (Phi) is 7.22. The molecule has 9 heteroatoms. The van der Waals surface area contributed by atoms with Gasteiger partial charge in [0.25, 0.3) is 5.91 Å². The van der Waals surface area contributed by atoms with Crippen molar-refractivity contribution in [3.63, 3.8) is 0 Å². The highest BCUT2D eigenvalue weighted by molar-refractivity contribution is 6.10. The number of nitrogens with zero attached hydrogens (tertiary/aromatic N) is 3. The van der Waals surface area contributed by atoms with Crippen molar-refractivity contribution in [1.82, 2.24) is 9.80 Å². The van der Waals surface area contributed by atoms with E-state index in [1.54, 1.807) is 24.1 Å². The highest BCUT2D eigenvalue weighted by atomic mass is 16.6. The van der Waals surface area contributed by atoms with Gasteiger partial charge in [-0.15, -0.1) is 0 Å². The van der Waals surface area contributed by atoms with Gasteiger partial charge in [-0.2, -0.15) is 0 Å². The summed E-state index contributed by atoms with van der Waals surface area (Å²) in [6.45, 7) is 2.58. The summed E-state index contributed by atoms with van der Waals surface area (Å²) >= 11 is 0. The number of likely N-dealkylation sites (N-methyl/N-ethyl adjacent to an activating group) is 2. The average molecular weight is 517 g/mol. The zero-order valence-electron chi connectivity index (χ0n) is 21.9. The molecule has 38 heavy (non-hydrogen) atoms. The van der Waals surface area contributed by atoms with Gasteiger partial charge in [0, 0.05) is 50.1 Å². The minimum atomic E-state index is -0.502. The lowest BCUT2D eigenvalue weighted by atomic mass is 10.0. The Morgan fingerprint density at radius 3 is 2.58 bits per heavy atom. The number of nitrogens with two attached hydrogens (primary N) is 1. The molecule has 4 aromatic rings. The van der Waals surface area contributed by atoms with Crippen LogP contribution in [0.25, 0.3) is 21.7 Å². The van der Waals surface area contributed by atoms with Crippen LogP contribution in [0, 0.1) is 0 Å². The summed E-state index contributed by atoms with van der Waals surface area (Å²) in [4.78, 5) is 31.5. The molecule has 9 nitrogen and oxygen atoms in total. The first kappa shape index (κ1) is 25.6. The van der Waals surface area contributed by atoms with Crippen molar-refractivity contribution >= 4 is 39.4 Å². The Morgan fingerprint density at radius 1 is 1.03 bits per heavy atom. The molecular weight excluding hydrogens is 484 g/mol. The third kappa shape index (κ3) is 5.03. The van der Waals surface area contributed by atoms with E-state index in [9.17, 15) is 9.59 Å². The maximum absolute atomic E-state index is 13.6. The average Bonchev–Trinajstić information content (AvgIpc) is 3.52. The molecule has 0 unspecified atom stereocenters. The minimum Gasteiger partial charge on any atom is -0.492 e. The van der Waals surface area contributed by atoms with Crippen LogP contribution in [0.15, 0.2) is 59.0 Å². The highest BCUT2D eigenvalue weighted by Gasteiger charge is 2.31. The molecule has 0 bridgehead atoms. The highest BCUT2D eigenvalue weighted by Crippen LogP contribution is 2.41. The van der Waals surface area contributed by atoms with Crippen molar-refractivity contribution in [3.8, 4) is 11.5 Å². The molecule has 0 saturated heterocycles. The molecule has 3 aromatic carbocycles. The standard InChI is InChI=1S/C29H32N4O5/c1-31(2)14-15-36-20-8-9-25-19(16-20)17-27(37-25)28(34)33-12-10-22-21-6-4-5-7-23(21)26(18-24(22)33)38-29(35)32(3)13-11-30/h4-9,16-18H,10-15,30H2,1-3H3. The summed E-state index contributed by atoms with van der Waals surface area (Å²) in [5.74, 6) is 1.12. The monoisotopic (exact) mass is 516 g/mol. The molecule has 0 saturated carbocycles. The Bertz CT molecular complexity index is 1500. The lowest BCUT2D eigenvalue weighted by Gasteiger charge is -2.20. The number of benzene rings is 3. The summed E-state index contributed by atoms with van der Waals surface area (Å²) in [6, 6.07) is 16.8. The largest absolute Gasteiger partial charge is 0.492 e. The Balaban J connectivity index is 1.44. The molecule has 0 spiro atoms. The van der Waals surface area contributed by atoms with E-state index in [1.165, 1.54) is 4.90 Å². The lowest BCUT2D eigenvalue weighted by Crippen LogP contribution is -2.34. The molecule has 2 amide bonds. The van der Waals surface area contributed by atoms with Crippen molar-refractivity contribution in [2.45, 2.75) is 6.42 Å². The third-order valence-electron chi connectivity index (χ3n) is 6.70. The van der Waals surface area contributed by atoms with Crippen LogP contribution < -0.4 is 20.1 Å². The Labute approximate surface area is 221 Å². The first-order valence-electron chi connectivity index (χ1n) is 12.7. The number of carbonyl (C=O) groups is 2. The molecule has 0 fully saturated rings. The summed E-state index contributed by atoms with van der Waals surface area (Å²) in [6.07, 6.45) is 0.185. The number of fused-ring (bicyclic) bond motifs is 4. The van der Waals surface area contributed by atoms with Crippen LogP contribution in [0.5, 0.6) is 11.5 Å². The van der Waals surface area contributed by atoms with Crippen LogP contribution in [0.1, 0.15) is 16.1 Å². The predicted molar refractivity (Wildman–Crippen MR) is 147 cm³/mol. The SMILES string of the molecule is CN(C)CCOc1ccc2oc(C(=O)N3CCc4c3cc(OC(=O)N(C)CCN)c3ccccc43)cc2c1. The molecule has 1 aromatic heterocycles. The van der Waals surface area contributed by atoms with Crippen LogP contribution >= 0.6 is 0 Å². The van der Waals surface area contributed by atoms with E-state index < -0.39 is 6.09 Å². The zero-order valence-corrected chi connectivity index (χ0v) is 21.9. The van der Waals surface area contributed by atoms with Crippen molar-refractivity contribution < 1.29 is 23.5 Å². The summed E-state index contributed by atoms with van der Waals surface area (Å²) < 4.78 is 17.5. The Hall–Kier alpha value is -4.08. The van der Waals surface area contributed by atoms with Crippen molar-refractivity contribution in [3.05, 3.63) is 65.9 Å². The van der Waals surface area contributed by atoms with E-state index in [4.69, 9.17) is 19.6 Å². The second kappa shape index (κ2) is 10.7. The molecule has 0 aliphatic carbocycles. The molecule has 5 rings (SSSR count). The smallest absolute Gasteiger partial charge is 0.415 e. The van der Waals surface area contributed by atoms with Crippen molar-refractivity contribution in [2.75, 3.05) is 58.8 Å². The fraction of sp³-hybridized carbons (Fsp3) is 0.310. The van der Waals surface area contributed by atoms with Crippen LogP contribution in [-0.4, -0.2) is 75.7 Å². The fourth-order valence-corrected chi connectivity index (χ4v) is 4.68. The van der Waals surface area contributed by atoms with Gasteiger partial charge < -0.3 is 34.3 Å². The minimum absolute atomic E-state index is 0.243. The maximum Gasteiger partial charge on any atom is 0.415 e. The number of carbonyl (C=O) groups excluding carboxylic acids is 2. The first-order chi connectivity index (χ1) is 18.4. The van der Waals surface area contributed by atoms with Gasteiger partial charge in [0.1, 0.15) is 23.7 Å². The molecule has 1 aliphatic heterocycles. The second-order valence-electron chi connectivity index (χ2n) is 9.66. The van der Waals surface area contributed by atoms with E-state index in [0.717, 1.165) is 34.0 Å². The van der Waals surface area contributed by atoms with Crippen molar-refractivity contribution in [2.24, 2.45) is 5.73 Å². The molecule has 2 heterocycles. The van der Waals surface area contributed by atoms with Gasteiger partial charge in [0.15, 0.2) is 5.76 Å². The molecule has 0 atom stereocenters. The molecular formula is C29H32N4O5. The van der Waals surface area contributed by atoms with Crippen LogP contribution in [0.4, 0.5) is 10.5 Å². The van der Waals surface area contributed by atoms with Gasteiger partial charge in [-0.25, -0.2) is 4.79 Å². The molecule has 1 aliphatic rings. The lowest BCUT2D eigenvalue weighted by molar-refractivity contribution is 0.0965. The number of hydrogen-bond donors (Lipinski definition) is 1. The predicted octanol–water partition coefficient (Wildman–Crippen LogP) is 4.12. The molecule has 2 N–H and O–H groups in total. The first-order valence-corrected chi connectivity index (χ1v) is 12.7. The number of rotatable bonds is 8. The van der Waals surface area contributed by atoms with Gasteiger partial charge in [0.2, 0.25) is 0 Å². The van der Waals surface area contributed by atoms with Gasteiger partial charge in [0.05, 0.1) is 5.69 Å². The summed E-state index contributed by atoms with van der Waals surface area (Å²) in [5, 5.41) is 2.57. The van der Waals surface area contributed by atoms with E-state index in [1.807, 2.05) is 56.6 Å². The normalized spacial score (nSPS) is 12.8. The van der Waals surface area contributed by atoms with Crippen LogP contribution in [0.3, 0.4) is 0 Å². The summed E-state index contributed by atoms with van der Waals surface area (Å²) in [5.41, 5.74) is 7.96. The topological polar surface area (TPSA) is 101 Å². The number of hydrogen-bond acceptors (Lipinski definition) is 7. The quantitative estimate of drug-likeness (QED) is 0.376. The molecule has 198 valence electrons. The van der Waals surface area contributed by atoms with E-state index >= 15 is 0 Å². The molecule has 0 radical (unpaired) electrons. The van der Waals surface area contributed by atoms with Gasteiger partial charge in [-0.3, -0.25) is 4.79 Å². The second-order valence-corrected chi connectivity index (χ2v) is 9.66. The fourth-order valence-electron chi connectivity index (χ4n) is 4.68. The number of amides is 2. The number of ether oxygens (including phenoxy) is 2. The summed E-state index contributed by atoms with van der Waals surface area (Å²) in [7, 11) is 5.63.